The van der Waals surface area contributed by atoms with Crippen LogP contribution in [0.15, 0.2) is 57.8 Å². The highest BCUT2D eigenvalue weighted by atomic mass is 79.9. The van der Waals surface area contributed by atoms with Crippen molar-refractivity contribution in [3.8, 4) is 0 Å². The van der Waals surface area contributed by atoms with Gasteiger partial charge in [0.2, 0.25) is 0 Å². The van der Waals surface area contributed by atoms with Crippen LogP contribution in [-0.2, 0) is 0 Å². The molecule has 128 valence electrons. The first-order chi connectivity index (χ1) is 12.2. The van der Waals surface area contributed by atoms with Gasteiger partial charge in [0.25, 0.3) is 5.91 Å². The Bertz CT molecular complexity index is 887. The SMILES string of the molecule is O=C(c1ccoc1)N1CCC(Nc2ccc3cccc(Br)c3n2)CC1. The fraction of sp³-hybridized carbons (Fsp3) is 0.263. The highest BCUT2D eigenvalue weighted by molar-refractivity contribution is 9.10. The highest BCUT2D eigenvalue weighted by Crippen LogP contribution is 2.24. The Hall–Kier alpha value is -2.34. The molecule has 25 heavy (non-hydrogen) atoms. The predicted molar refractivity (Wildman–Crippen MR) is 101 cm³/mol. The fourth-order valence-corrected chi connectivity index (χ4v) is 3.67. The molecule has 1 aliphatic rings. The number of furan rings is 1. The molecule has 2 aromatic heterocycles. The van der Waals surface area contributed by atoms with Gasteiger partial charge in [0.15, 0.2) is 0 Å². The number of carbonyl (C=O) groups is 1. The number of halogens is 1. The minimum atomic E-state index is 0.0416. The standard InChI is InChI=1S/C19H18BrN3O2/c20-16-3-1-2-13-4-5-17(22-18(13)16)21-15-6-9-23(10-7-15)19(24)14-8-11-25-12-14/h1-5,8,11-12,15H,6-7,9-10H2,(H,21,22). The summed E-state index contributed by atoms with van der Waals surface area (Å²) in [6.45, 7) is 1.47. The first-order valence-electron chi connectivity index (χ1n) is 8.34. The van der Waals surface area contributed by atoms with E-state index in [9.17, 15) is 4.79 Å². The molecular formula is C19H18BrN3O2. The van der Waals surface area contributed by atoms with Crippen molar-refractivity contribution in [1.82, 2.24) is 9.88 Å². The number of hydrogen-bond acceptors (Lipinski definition) is 4. The van der Waals surface area contributed by atoms with E-state index in [0.29, 0.717) is 11.6 Å². The van der Waals surface area contributed by atoms with Crippen molar-refractivity contribution >= 4 is 38.6 Å². The predicted octanol–water partition coefficient (Wildman–Crippen LogP) is 4.31. The van der Waals surface area contributed by atoms with Gasteiger partial charge < -0.3 is 14.6 Å². The van der Waals surface area contributed by atoms with E-state index in [2.05, 4.69) is 33.4 Å². The molecule has 4 rings (SSSR count). The zero-order valence-corrected chi connectivity index (χ0v) is 15.2. The molecule has 0 atom stereocenters. The van der Waals surface area contributed by atoms with Crippen LogP contribution in [0.5, 0.6) is 0 Å². The second-order valence-corrected chi connectivity index (χ2v) is 7.09. The molecule has 1 N–H and O–H groups in total. The van der Waals surface area contributed by atoms with E-state index in [-0.39, 0.29) is 5.91 Å². The van der Waals surface area contributed by atoms with Crippen molar-refractivity contribution in [3.05, 3.63) is 59.0 Å². The number of anilines is 1. The van der Waals surface area contributed by atoms with Crippen molar-refractivity contribution < 1.29 is 9.21 Å². The Kier molecular flexibility index (Phi) is 4.44. The monoisotopic (exact) mass is 399 g/mol. The van der Waals surface area contributed by atoms with Crippen LogP contribution >= 0.6 is 15.9 Å². The molecule has 0 unspecified atom stereocenters. The molecule has 1 aromatic carbocycles. The Balaban J connectivity index is 1.40. The van der Waals surface area contributed by atoms with Crippen LogP contribution in [0.4, 0.5) is 5.82 Å². The second-order valence-electron chi connectivity index (χ2n) is 6.23. The summed E-state index contributed by atoms with van der Waals surface area (Å²) in [5.74, 6) is 0.916. The van der Waals surface area contributed by atoms with Gasteiger partial charge >= 0.3 is 0 Å². The average Bonchev–Trinajstić information content (AvgIpc) is 3.17. The van der Waals surface area contributed by atoms with Crippen molar-refractivity contribution in [1.29, 1.82) is 0 Å². The molecule has 1 fully saturated rings. The van der Waals surface area contributed by atoms with Crippen LogP contribution in [-0.4, -0.2) is 34.9 Å². The molecule has 3 aromatic rings. The van der Waals surface area contributed by atoms with Crippen molar-refractivity contribution in [2.45, 2.75) is 18.9 Å². The summed E-state index contributed by atoms with van der Waals surface area (Å²) in [6.07, 6.45) is 4.84. The lowest BCUT2D eigenvalue weighted by molar-refractivity contribution is 0.0717. The number of hydrogen-bond donors (Lipinski definition) is 1. The molecule has 0 bridgehead atoms. The summed E-state index contributed by atoms with van der Waals surface area (Å²) in [6, 6.07) is 12.2. The molecule has 1 aliphatic heterocycles. The number of para-hydroxylation sites is 1. The van der Waals surface area contributed by atoms with Crippen LogP contribution in [0, 0.1) is 0 Å². The number of pyridine rings is 1. The van der Waals surface area contributed by atoms with E-state index in [1.807, 2.05) is 23.1 Å². The maximum Gasteiger partial charge on any atom is 0.257 e. The summed E-state index contributed by atoms with van der Waals surface area (Å²) in [7, 11) is 0. The number of benzene rings is 1. The molecule has 5 nitrogen and oxygen atoms in total. The lowest BCUT2D eigenvalue weighted by Crippen LogP contribution is -2.42. The van der Waals surface area contributed by atoms with Crippen LogP contribution in [0.1, 0.15) is 23.2 Å². The molecule has 0 aliphatic carbocycles. The summed E-state index contributed by atoms with van der Waals surface area (Å²) >= 11 is 3.56. The minimum absolute atomic E-state index is 0.0416. The molecule has 0 saturated carbocycles. The normalized spacial score (nSPS) is 15.5. The Morgan fingerprint density at radius 1 is 1.20 bits per heavy atom. The van der Waals surface area contributed by atoms with Gasteiger partial charge in [-0.25, -0.2) is 4.98 Å². The summed E-state index contributed by atoms with van der Waals surface area (Å²) in [5, 5.41) is 4.62. The van der Waals surface area contributed by atoms with Gasteiger partial charge in [-0.05, 0) is 53.0 Å². The third kappa shape index (κ3) is 3.39. The van der Waals surface area contributed by atoms with Crippen LogP contribution < -0.4 is 5.32 Å². The summed E-state index contributed by atoms with van der Waals surface area (Å²) in [4.78, 5) is 18.9. The van der Waals surface area contributed by atoms with Gasteiger partial charge in [-0.3, -0.25) is 4.79 Å². The smallest absolute Gasteiger partial charge is 0.257 e. The second kappa shape index (κ2) is 6.88. The van der Waals surface area contributed by atoms with Gasteiger partial charge in [0.1, 0.15) is 12.1 Å². The molecule has 3 heterocycles. The fourth-order valence-electron chi connectivity index (χ4n) is 3.20. The number of likely N-dealkylation sites (tertiary alicyclic amines) is 1. The number of aromatic nitrogens is 1. The molecule has 6 heteroatoms. The van der Waals surface area contributed by atoms with Gasteiger partial charge in [-0.1, -0.05) is 12.1 Å². The van der Waals surface area contributed by atoms with Crippen LogP contribution in [0.3, 0.4) is 0 Å². The van der Waals surface area contributed by atoms with E-state index in [4.69, 9.17) is 9.40 Å². The Morgan fingerprint density at radius 2 is 2.04 bits per heavy atom. The summed E-state index contributed by atoms with van der Waals surface area (Å²) < 4.78 is 5.99. The molecule has 1 amide bonds. The van der Waals surface area contributed by atoms with Gasteiger partial charge in [0.05, 0.1) is 17.3 Å². The first kappa shape index (κ1) is 16.1. The lowest BCUT2D eigenvalue weighted by Gasteiger charge is -2.32. The topological polar surface area (TPSA) is 58.4 Å². The number of carbonyl (C=O) groups excluding carboxylic acids is 1. The number of piperidine rings is 1. The van der Waals surface area contributed by atoms with E-state index in [1.165, 1.54) is 12.5 Å². The minimum Gasteiger partial charge on any atom is -0.472 e. The quantitative estimate of drug-likeness (QED) is 0.712. The molecular weight excluding hydrogens is 382 g/mol. The van der Waals surface area contributed by atoms with E-state index in [0.717, 1.165) is 47.1 Å². The zero-order valence-electron chi connectivity index (χ0n) is 13.6. The molecule has 0 spiro atoms. The van der Waals surface area contributed by atoms with Gasteiger partial charge in [-0.2, -0.15) is 0 Å². The van der Waals surface area contributed by atoms with Crippen molar-refractivity contribution in [2.24, 2.45) is 0 Å². The Labute approximate surface area is 154 Å². The van der Waals surface area contributed by atoms with Crippen LogP contribution in [0.25, 0.3) is 10.9 Å². The van der Waals surface area contributed by atoms with E-state index >= 15 is 0 Å². The number of nitrogens with zero attached hydrogens (tertiary/aromatic N) is 2. The van der Waals surface area contributed by atoms with Gasteiger partial charge in [0, 0.05) is 29.0 Å². The number of fused-ring (bicyclic) bond motifs is 1. The largest absolute Gasteiger partial charge is 0.472 e. The highest BCUT2D eigenvalue weighted by Gasteiger charge is 2.24. The van der Waals surface area contributed by atoms with E-state index in [1.54, 1.807) is 6.07 Å². The molecule has 1 saturated heterocycles. The number of amides is 1. The maximum absolute atomic E-state index is 12.3. The maximum atomic E-state index is 12.3. The van der Waals surface area contributed by atoms with Crippen molar-refractivity contribution in [2.75, 3.05) is 18.4 Å². The van der Waals surface area contributed by atoms with Gasteiger partial charge in [-0.15, -0.1) is 0 Å². The van der Waals surface area contributed by atoms with E-state index < -0.39 is 0 Å². The first-order valence-corrected chi connectivity index (χ1v) is 9.13. The van der Waals surface area contributed by atoms with Crippen LogP contribution in [0.2, 0.25) is 0 Å². The zero-order chi connectivity index (χ0) is 17.2. The molecule has 0 radical (unpaired) electrons. The Morgan fingerprint density at radius 3 is 2.80 bits per heavy atom. The average molecular weight is 400 g/mol. The lowest BCUT2D eigenvalue weighted by atomic mass is 10.0. The number of nitrogens with one attached hydrogen (secondary N) is 1. The summed E-state index contributed by atoms with van der Waals surface area (Å²) in [5.41, 5.74) is 1.58. The third-order valence-electron chi connectivity index (χ3n) is 4.57. The van der Waals surface area contributed by atoms with Crippen molar-refractivity contribution in [3.63, 3.8) is 0 Å². The third-order valence-corrected chi connectivity index (χ3v) is 5.21. The number of rotatable bonds is 3.